The van der Waals surface area contributed by atoms with Crippen molar-refractivity contribution in [3.63, 3.8) is 0 Å². The van der Waals surface area contributed by atoms with Crippen molar-refractivity contribution < 1.29 is 9.59 Å². The second kappa shape index (κ2) is 12.1. The lowest BCUT2D eigenvalue weighted by molar-refractivity contribution is -0.121. The Hall–Kier alpha value is 0.620. The summed E-state index contributed by atoms with van der Waals surface area (Å²) in [5.41, 5.74) is 14.7. The van der Waals surface area contributed by atoms with E-state index >= 15 is 0 Å². The van der Waals surface area contributed by atoms with Crippen LogP contribution >= 0.6 is 46.8 Å². The van der Waals surface area contributed by atoms with Gasteiger partial charge in [0.05, 0.1) is 11.1 Å². The Morgan fingerprint density at radius 3 is 1.62 bits per heavy atom. The summed E-state index contributed by atoms with van der Waals surface area (Å²) in [6.45, 7) is 5.67. The van der Waals surface area contributed by atoms with Crippen LogP contribution in [0.2, 0.25) is 0 Å². The maximum absolute atomic E-state index is 10.8. The molecule has 0 aromatic carbocycles. The van der Waals surface area contributed by atoms with E-state index in [1.807, 2.05) is 6.92 Å². The first-order valence-corrected chi connectivity index (χ1v) is 10.1. The SMILES string of the molecule is CC(=O)C(N)(CS)CS.CC(=O)C1(N)CSSC1.CCN. The van der Waals surface area contributed by atoms with Crippen molar-refractivity contribution >= 4 is 58.4 Å². The Labute approximate surface area is 146 Å². The van der Waals surface area contributed by atoms with E-state index in [9.17, 15) is 9.59 Å². The minimum absolute atomic E-state index is 0.0625. The zero-order valence-electron chi connectivity index (χ0n) is 12.8. The monoisotopic (exact) mass is 373 g/mol. The fourth-order valence-electron chi connectivity index (χ4n) is 0.811. The van der Waals surface area contributed by atoms with E-state index in [0.717, 1.165) is 18.1 Å². The van der Waals surface area contributed by atoms with Gasteiger partial charge in [-0.05, 0) is 20.4 Å². The van der Waals surface area contributed by atoms with Gasteiger partial charge in [-0.25, -0.2) is 0 Å². The molecule has 0 aliphatic carbocycles. The predicted molar refractivity (Wildman–Crippen MR) is 103 cm³/mol. The summed E-state index contributed by atoms with van der Waals surface area (Å²) in [5, 5.41) is 0. The van der Waals surface area contributed by atoms with E-state index in [1.165, 1.54) is 6.92 Å². The van der Waals surface area contributed by atoms with Gasteiger partial charge >= 0.3 is 0 Å². The summed E-state index contributed by atoms with van der Waals surface area (Å²) in [7, 11) is 3.36. The van der Waals surface area contributed by atoms with Crippen LogP contribution in [0.4, 0.5) is 0 Å². The number of hydrogen-bond donors (Lipinski definition) is 5. The number of ketones is 2. The maximum Gasteiger partial charge on any atom is 0.151 e. The molecule has 0 spiro atoms. The van der Waals surface area contributed by atoms with Crippen molar-refractivity contribution in [3.05, 3.63) is 0 Å². The Bertz CT molecular complexity index is 306. The highest BCUT2D eigenvalue weighted by Crippen LogP contribution is 2.36. The van der Waals surface area contributed by atoms with Gasteiger partial charge in [-0.1, -0.05) is 28.5 Å². The summed E-state index contributed by atoms with van der Waals surface area (Å²) in [6, 6.07) is 0. The van der Waals surface area contributed by atoms with Gasteiger partial charge in [-0.3, -0.25) is 9.59 Å². The van der Waals surface area contributed by atoms with Gasteiger partial charge in [-0.2, -0.15) is 25.3 Å². The molecular formula is C12H27N3O2S4. The quantitative estimate of drug-likeness (QED) is 0.365. The van der Waals surface area contributed by atoms with Crippen LogP contribution in [-0.4, -0.2) is 52.2 Å². The summed E-state index contributed by atoms with van der Waals surface area (Å²) >= 11 is 7.85. The average Bonchev–Trinajstić information content (AvgIpc) is 2.87. The van der Waals surface area contributed by atoms with E-state index in [4.69, 9.17) is 17.2 Å². The third-order valence-corrected chi connectivity index (χ3v) is 6.45. The number of thiol groups is 2. The van der Waals surface area contributed by atoms with Gasteiger partial charge in [0.1, 0.15) is 0 Å². The zero-order valence-corrected chi connectivity index (χ0v) is 16.2. The standard InChI is InChI=1S/C5H9NOS2.C5H11NOS2.C2H7N/c1-4(7)5(6)2-8-9-3-5;1-4(7)5(6,2-8)3-9;1-2-3/h2-3,6H2,1H3;8-9H,2-3,6H2,1H3;2-3H2,1H3. The predicted octanol–water partition coefficient (Wildman–Crippen LogP) is 0.765. The number of carbonyl (C=O) groups is 2. The molecule has 126 valence electrons. The highest BCUT2D eigenvalue weighted by Gasteiger charge is 2.35. The molecule has 1 aliphatic rings. The molecule has 1 heterocycles. The molecule has 0 aromatic heterocycles. The van der Waals surface area contributed by atoms with Crippen molar-refractivity contribution in [3.8, 4) is 0 Å². The van der Waals surface area contributed by atoms with Crippen LogP contribution in [0, 0.1) is 0 Å². The zero-order chi connectivity index (χ0) is 17.1. The van der Waals surface area contributed by atoms with Crippen LogP contribution in [-0.2, 0) is 9.59 Å². The molecule has 21 heavy (non-hydrogen) atoms. The highest BCUT2D eigenvalue weighted by atomic mass is 33.1. The number of rotatable bonds is 4. The molecular weight excluding hydrogens is 346 g/mol. The molecule has 6 N–H and O–H groups in total. The Morgan fingerprint density at radius 2 is 1.52 bits per heavy atom. The van der Waals surface area contributed by atoms with Crippen molar-refractivity contribution in [2.75, 3.05) is 29.6 Å². The molecule has 1 rings (SSSR count). The van der Waals surface area contributed by atoms with Crippen molar-refractivity contribution in [1.82, 2.24) is 0 Å². The Kier molecular flexibility index (Phi) is 13.8. The van der Waals surface area contributed by atoms with Gasteiger partial charge in [0.15, 0.2) is 11.6 Å². The lowest BCUT2D eigenvalue weighted by Gasteiger charge is -2.20. The number of carbonyl (C=O) groups excluding carboxylic acids is 2. The second-order valence-corrected chi connectivity index (χ2v) is 7.77. The number of nitrogens with two attached hydrogens (primary N) is 3. The van der Waals surface area contributed by atoms with Crippen LogP contribution in [0.1, 0.15) is 20.8 Å². The summed E-state index contributed by atoms with van der Waals surface area (Å²) in [5.74, 6) is 2.30. The van der Waals surface area contributed by atoms with Gasteiger partial charge in [0.25, 0.3) is 0 Å². The Balaban J connectivity index is 0. The van der Waals surface area contributed by atoms with Crippen LogP contribution in [0.3, 0.4) is 0 Å². The van der Waals surface area contributed by atoms with E-state index in [1.54, 1.807) is 28.5 Å². The first kappa shape index (κ1) is 23.9. The largest absolute Gasteiger partial charge is 0.331 e. The minimum atomic E-state index is -0.827. The molecule has 0 atom stereocenters. The molecule has 1 fully saturated rings. The third kappa shape index (κ3) is 9.37. The lowest BCUT2D eigenvalue weighted by Crippen LogP contribution is -2.50. The van der Waals surface area contributed by atoms with Gasteiger partial charge < -0.3 is 17.2 Å². The van der Waals surface area contributed by atoms with E-state index in [-0.39, 0.29) is 11.6 Å². The molecule has 9 heteroatoms. The third-order valence-electron chi connectivity index (χ3n) is 2.68. The smallest absolute Gasteiger partial charge is 0.151 e. The van der Waals surface area contributed by atoms with Crippen LogP contribution in [0.5, 0.6) is 0 Å². The van der Waals surface area contributed by atoms with Gasteiger partial charge in [0.2, 0.25) is 0 Å². The minimum Gasteiger partial charge on any atom is -0.331 e. The van der Waals surface area contributed by atoms with Crippen molar-refractivity contribution in [2.45, 2.75) is 31.8 Å². The second-order valence-electron chi connectivity index (χ2n) is 4.67. The number of Topliss-reactive ketones (excluding diaryl/α,β-unsaturated/α-hetero) is 2. The summed E-state index contributed by atoms with van der Waals surface area (Å²) in [4.78, 5) is 21.5. The van der Waals surface area contributed by atoms with Crippen molar-refractivity contribution in [1.29, 1.82) is 0 Å². The molecule has 0 aromatic rings. The van der Waals surface area contributed by atoms with Crippen LogP contribution < -0.4 is 17.2 Å². The molecule has 1 saturated heterocycles. The molecule has 0 bridgehead atoms. The highest BCUT2D eigenvalue weighted by molar-refractivity contribution is 8.77. The fourth-order valence-corrected chi connectivity index (χ4v) is 4.75. The van der Waals surface area contributed by atoms with Gasteiger partial charge in [0, 0.05) is 23.0 Å². The topological polar surface area (TPSA) is 112 Å². The average molecular weight is 374 g/mol. The first-order chi connectivity index (χ1) is 9.63. The first-order valence-electron chi connectivity index (χ1n) is 6.39. The number of hydrogen-bond acceptors (Lipinski definition) is 9. The molecule has 1 aliphatic heterocycles. The molecule has 0 unspecified atom stereocenters. The maximum atomic E-state index is 10.8. The summed E-state index contributed by atoms with van der Waals surface area (Å²) in [6.07, 6.45) is 0. The van der Waals surface area contributed by atoms with E-state index in [2.05, 4.69) is 25.3 Å². The Morgan fingerprint density at radius 1 is 1.19 bits per heavy atom. The molecule has 0 saturated carbocycles. The van der Waals surface area contributed by atoms with Gasteiger partial charge in [-0.15, -0.1) is 0 Å². The summed E-state index contributed by atoms with van der Waals surface area (Å²) < 4.78 is 0. The van der Waals surface area contributed by atoms with E-state index in [0.29, 0.717) is 11.5 Å². The molecule has 0 amide bonds. The molecule has 0 radical (unpaired) electrons. The van der Waals surface area contributed by atoms with Crippen LogP contribution in [0.25, 0.3) is 0 Å². The van der Waals surface area contributed by atoms with Crippen molar-refractivity contribution in [2.24, 2.45) is 17.2 Å². The lowest BCUT2D eigenvalue weighted by atomic mass is 10.0. The normalized spacial score (nSPS) is 16.2. The molecule has 5 nitrogen and oxygen atoms in total. The fraction of sp³-hybridized carbons (Fsp3) is 0.833. The van der Waals surface area contributed by atoms with E-state index < -0.39 is 11.1 Å². The van der Waals surface area contributed by atoms with Crippen LogP contribution in [0.15, 0.2) is 0 Å².